The molecule has 0 heterocycles. The molecule has 0 nitrogen and oxygen atoms in total. The number of rotatable bonds is 2. The molecule has 11 heavy (non-hydrogen) atoms. The topological polar surface area (TPSA) is 0 Å². The van der Waals surface area contributed by atoms with E-state index in [1.807, 2.05) is 18.2 Å². The quantitative estimate of drug-likeness (QED) is 0.700. The van der Waals surface area contributed by atoms with Gasteiger partial charge in [0.05, 0.1) is 0 Å². The highest BCUT2D eigenvalue weighted by Crippen LogP contribution is 2.19. The van der Waals surface area contributed by atoms with Gasteiger partial charge < -0.3 is 0 Å². The fourth-order valence-electron chi connectivity index (χ4n) is 0.849. The molecule has 0 amide bonds. The van der Waals surface area contributed by atoms with E-state index in [2.05, 4.69) is 15.9 Å². The Kier molecular flexibility index (Phi) is 3.70. The number of alkyl halides is 2. The summed E-state index contributed by atoms with van der Waals surface area (Å²) in [5.41, 5.74) is 2.29. The molecular weight excluding hydrogens is 247 g/mol. The van der Waals surface area contributed by atoms with Gasteiger partial charge in [-0.25, -0.2) is 0 Å². The second-order valence-corrected chi connectivity index (χ2v) is 3.44. The summed E-state index contributed by atoms with van der Waals surface area (Å²) in [5.74, 6) is 0.540. The summed E-state index contributed by atoms with van der Waals surface area (Å²) in [4.78, 5) is 0. The van der Waals surface area contributed by atoms with Gasteiger partial charge in [0, 0.05) is 16.2 Å². The van der Waals surface area contributed by atoms with Crippen molar-refractivity contribution >= 4 is 39.1 Å². The van der Waals surface area contributed by atoms with Crippen molar-refractivity contribution in [3.05, 3.63) is 34.3 Å². The van der Waals surface area contributed by atoms with Gasteiger partial charge in [0.2, 0.25) is 0 Å². The Morgan fingerprint density at radius 1 is 1.27 bits per heavy atom. The lowest BCUT2D eigenvalue weighted by molar-refractivity contribution is 1.28. The molecule has 0 aliphatic rings. The number of halogens is 3. The van der Waals surface area contributed by atoms with E-state index < -0.39 is 0 Å². The molecule has 60 valence electrons. The van der Waals surface area contributed by atoms with Gasteiger partial charge >= 0.3 is 0 Å². The Labute approximate surface area is 84.6 Å². The van der Waals surface area contributed by atoms with Gasteiger partial charge in [-0.3, -0.25) is 0 Å². The predicted molar refractivity (Wildman–Crippen MR) is 53.6 cm³/mol. The van der Waals surface area contributed by atoms with E-state index in [0.717, 1.165) is 21.5 Å². The molecule has 0 saturated carbocycles. The molecule has 0 saturated heterocycles. The van der Waals surface area contributed by atoms with Crippen LogP contribution in [0.4, 0.5) is 0 Å². The summed E-state index contributed by atoms with van der Waals surface area (Å²) in [6.45, 7) is 0. The van der Waals surface area contributed by atoms with Gasteiger partial charge in [0.1, 0.15) is 0 Å². The lowest BCUT2D eigenvalue weighted by Gasteiger charge is -2.02. The minimum Gasteiger partial charge on any atom is -0.122 e. The first-order chi connectivity index (χ1) is 5.27. The molecule has 0 bridgehead atoms. The zero-order valence-corrected chi connectivity index (χ0v) is 8.88. The van der Waals surface area contributed by atoms with Gasteiger partial charge in [0.15, 0.2) is 0 Å². The molecule has 0 radical (unpaired) electrons. The van der Waals surface area contributed by atoms with Gasteiger partial charge in [-0.1, -0.05) is 33.6 Å². The van der Waals surface area contributed by atoms with E-state index in [9.17, 15) is 0 Å². The van der Waals surface area contributed by atoms with Crippen LogP contribution in [-0.2, 0) is 11.2 Å². The molecule has 0 aromatic heterocycles. The lowest BCUT2D eigenvalue weighted by atomic mass is 10.1. The maximum absolute atomic E-state index is 5.79. The first-order valence-electron chi connectivity index (χ1n) is 3.17. The highest BCUT2D eigenvalue weighted by atomic mass is 79.9. The lowest BCUT2D eigenvalue weighted by Crippen LogP contribution is -1.86. The third-order valence-corrected chi connectivity index (χ3v) is 2.58. The first-order valence-corrected chi connectivity index (χ1v) is 5.20. The minimum absolute atomic E-state index is 0.540. The van der Waals surface area contributed by atoms with E-state index >= 15 is 0 Å². The van der Waals surface area contributed by atoms with E-state index in [1.165, 1.54) is 0 Å². The Morgan fingerprint density at radius 3 is 2.55 bits per heavy atom. The maximum atomic E-state index is 5.79. The fraction of sp³-hybridized carbons (Fsp3) is 0.250. The van der Waals surface area contributed by atoms with Crippen LogP contribution in [0.3, 0.4) is 0 Å². The molecule has 0 N–H and O–H groups in total. The maximum Gasteiger partial charge on any atom is 0.0477 e. The largest absolute Gasteiger partial charge is 0.122 e. The zero-order chi connectivity index (χ0) is 8.27. The SMILES string of the molecule is ClCc1ccc(Cl)cc1CBr. The molecule has 1 aromatic rings. The van der Waals surface area contributed by atoms with Crippen LogP contribution in [0.2, 0.25) is 5.02 Å². The molecule has 0 fully saturated rings. The normalized spacial score (nSPS) is 10.1. The van der Waals surface area contributed by atoms with Crippen LogP contribution < -0.4 is 0 Å². The van der Waals surface area contributed by atoms with E-state index in [-0.39, 0.29) is 0 Å². The summed E-state index contributed by atoms with van der Waals surface area (Å²) < 4.78 is 0. The van der Waals surface area contributed by atoms with Crippen molar-refractivity contribution in [2.45, 2.75) is 11.2 Å². The minimum atomic E-state index is 0.540. The van der Waals surface area contributed by atoms with Crippen LogP contribution >= 0.6 is 39.1 Å². The third kappa shape index (κ3) is 2.36. The summed E-state index contributed by atoms with van der Waals surface area (Å²) in [6, 6.07) is 5.73. The zero-order valence-electron chi connectivity index (χ0n) is 5.78. The van der Waals surface area contributed by atoms with Gasteiger partial charge in [-0.2, -0.15) is 0 Å². The predicted octanol–water partition coefficient (Wildman–Crippen LogP) is 3.97. The van der Waals surface area contributed by atoms with Gasteiger partial charge in [-0.05, 0) is 23.3 Å². The highest BCUT2D eigenvalue weighted by Gasteiger charge is 1.99. The molecule has 3 heteroatoms. The summed E-state index contributed by atoms with van der Waals surface area (Å²) in [7, 11) is 0. The Bertz CT molecular complexity index is 248. The fourth-order valence-corrected chi connectivity index (χ4v) is 1.83. The number of benzene rings is 1. The Hall–Kier alpha value is 0.280. The number of hydrogen-bond donors (Lipinski definition) is 0. The number of hydrogen-bond acceptors (Lipinski definition) is 0. The third-order valence-electron chi connectivity index (χ3n) is 1.46. The second-order valence-electron chi connectivity index (χ2n) is 2.18. The van der Waals surface area contributed by atoms with Crippen molar-refractivity contribution in [3.8, 4) is 0 Å². The van der Waals surface area contributed by atoms with Crippen molar-refractivity contribution < 1.29 is 0 Å². The van der Waals surface area contributed by atoms with Crippen molar-refractivity contribution in [3.63, 3.8) is 0 Å². The standard InChI is InChI=1S/C8H7BrCl2/c9-4-7-3-8(11)2-1-6(7)5-10/h1-3H,4-5H2. The van der Waals surface area contributed by atoms with E-state index in [0.29, 0.717) is 5.88 Å². The highest BCUT2D eigenvalue weighted by molar-refractivity contribution is 9.08. The monoisotopic (exact) mass is 252 g/mol. The van der Waals surface area contributed by atoms with Crippen molar-refractivity contribution in [2.75, 3.05) is 0 Å². The summed E-state index contributed by atoms with van der Waals surface area (Å²) >= 11 is 14.9. The van der Waals surface area contributed by atoms with Crippen molar-refractivity contribution in [2.24, 2.45) is 0 Å². The summed E-state index contributed by atoms with van der Waals surface area (Å²) in [5, 5.41) is 1.56. The van der Waals surface area contributed by atoms with Crippen molar-refractivity contribution in [1.29, 1.82) is 0 Å². The van der Waals surface area contributed by atoms with Crippen LogP contribution in [0.15, 0.2) is 18.2 Å². The van der Waals surface area contributed by atoms with Crippen LogP contribution in [0.1, 0.15) is 11.1 Å². The molecular formula is C8H7BrCl2. The van der Waals surface area contributed by atoms with Crippen LogP contribution in [-0.4, -0.2) is 0 Å². The molecule has 0 spiro atoms. The van der Waals surface area contributed by atoms with Crippen LogP contribution in [0, 0.1) is 0 Å². The molecule has 1 rings (SSSR count). The molecule has 0 unspecified atom stereocenters. The van der Waals surface area contributed by atoms with Crippen LogP contribution in [0.25, 0.3) is 0 Å². The Balaban J connectivity index is 3.06. The van der Waals surface area contributed by atoms with E-state index in [4.69, 9.17) is 23.2 Å². The molecule has 0 atom stereocenters. The first kappa shape index (κ1) is 9.37. The molecule has 0 aliphatic carbocycles. The smallest absolute Gasteiger partial charge is 0.0477 e. The molecule has 1 aromatic carbocycles. The Morgan fingerprint density at radius 2 is 2.00 bits per heavy atom. The van der Waals surface area contributed by atoms with E-state index in [1.54, 1.807) is 0 Å². The average Bonchev–Trinajstić information content (AvgIpc) is 2.04. The van der Waals surface area contributed by atoms with Gasteiger partial charge in [-0.15, -0.1) is 11.6 Å². The summed E-state index contributed by atoms with van der Waals surface area (Å²) in [6.07, 6.45) is 0. The van der Waals surface area contributed by atoms with Gasteiger partial charge in [0.25, 0.3) is 0 Å². The average molecular weight is 254 g/mol. The second kappa shape index (κ2) is 4.34. The van der Waals surface area contributed by atoms with Crippen molar-refractivity contribution in [1.82, 2.24) is 0 Å². The van der Waals surface area contributed by atoms with Crippen LogP contribution in [0.5, 0.6) is 0 Å². The molecule has 0 aliphatic heterocycles.